The van der Waals surface area contributed by atoms with Crippen LogP contribution in [0.3, 0.4) is 0 Å². The van der Waals surface area contributed by atoms with Crippen molar-refractivity contribution < 1.29 is 17.9 Å². The summed E-state index contributed by atoms with van der Waals surface area (Å²) in [5.41, 5.74) is 1.22. The van der Waals surface area contributed by atoms with Gasteiger partial charge in [-0.3, -0.25) is 9.52 Å². The first-order valence-corrected chi connectivity index (χ1v) is 12.5. The van der Waals surface area contributed by atoms with Gasteiger partial charge in [0.1, 0.15) is 5.75 Å². The fourth-order valence-electron chi connectivity index (χ4n) is 3.90. The molecule has 0 unspecified atom stereocenters. The van der Waals surface area contributed by atoms with E-state index in [0.717, 1.165) is 5.56 Å². The Bertz CT molecular complexity index is 967. The molecular weight excluding hydrogens is 412 g/mol. The van der Waals surface area contributed by atoms with Crippen LogP contribution >= 0.6 is 0 Å². The predicted molar refractivity (Wildman–Crippen MR) is 123 cm³/mol. The Morgan fingerprint density at radius 1 is 1.06 bits per heavy atom. The highest BCUT2D eigenvalue weighted by atomic mass is 32.2. The Hall–Kier alpha value is -2.54. The van der Waals surface area contributed by atoms with Crippen molar-refractivity contribution >= 4 is 21.6 Å². The van der Waals surface area contributed by atoms with Crippen LogP contribution in [0.4, 0.5) is 5.69 Å². The smallest absolute Gasteiger partial charge is 0.261 e. The third kappa shape index (κ3) is 6.47. The molecule has 31 heavy (non-hydrogen) atoms. The number of nitrogens with one attached hydrogen (secondary N) is 1. The van der Waals surface area contributed by atoms with Crippen LogP contribution in [-0.4, -0.2) is 32.4 Å². The van der Waals surface area contributed by atoms with Crippen molar-refractivity contribution in [3.05, 3.63) is 54.1 Å². The molecule has 1 aliphatic carbocycles. The van der Waals surface area contributed by atoms with Crippen molar-refractivity contribution in [1.29, 1.82) is 0 Å². The zero-order valence-corrected chi connectivity index (χ0v) is 19.2. The maximum Gasteiger partial charge on any atom is 0.261 e. The Balaban J connectivity index is 1.67. The van der Waals surface area contributed by atoms with Crippen LogP contribution in [0, 0.1) is 5.92 Å². The van der Waals surface area contributed by atoms with Crippen molar-refractivity contribution in [2.75, 3.05) is 17.9 Å². The van der Waals surface area contributed by atoms with Gasteiger partial charge in [0.25, 0.3) is 10.0 Å². The lowest BCUT2D eigenvalue weighted by molar-refractivity contribution is -0.129. The number of ether oxygens (including phenoxy) is 1. The van der Waals surface area contributed by atoms with Gasteiger partial charge in [-0.25, -0.2) is 8.42 Å². The molecule has 2 aromatic rings. The molecule has 0 aliphatic heterocycles. The van der Waals surface area contributed by atoms with E-state index in [1.165, 1.54) is 39.0 Å². The number of hydrogen-bond acceptors (Lipinski definition) is 4. The summed E-state index contributed by atoms with van der Waals surface area (Å²) in [5, 5.41) is 0. The van der Waals surface area contributed by atoms with Crippen molar-refractivity contribution in [2.45, 2.75) is 57.4 Å². The van der Waals surface area contributed by atoms with Crippen LogP contribution in [0.1, 0.15) is 51.5 Å². The maximum atomic E-state index is 12.9. The second kappa shape index (κ2) is 10.7. The average Bonchev–Trinajstić information content (AvgIpc) is 2.77. The van der Waals surface area contributed by atoms with E-state index in [9.17, 15) is 13.2 Å². The van der Waals surface area contributed by atoms with Gasteiger partial charge in [-0.05, 0) is 61.6 Å². The molecule has 0 saturated heterocycles. The van der Waals surface area contributed by atoms with Gasteiger partial charge in [0.05, 0.1) is 17.2 Å². The van der Waals surface area contributed by atoms with E-state index in [1.807, 2.05) is 19.1 Å². The standard InChI is InChI=1S/C24H32N2O4S/c1-3-26(19(2)27)17-21-11-7-8-12-24(21)25-31(28,29)23-15-13-22(14-16-23)30-18-20-9-5-4-6-10-20/h7-8,11-16,20,25H,3-6,9-10,17-18H2,1-2H3. The summed E-state index contributed by atoms with van der Waals surface area (Å²) in [6.07, 6.45) is 6.25. The summed E-state index contributed by atoms with van der Waals surface area (Å²) in [4.78, 5) is 13.6. The molecule has 1 fully saturated rings. The Morgan fingerprint density at radius 2 is 1.74 bits per heavy atom. The van der Waals surface area contributed by atoms with Crippen molar-refractivity contribution in [2.24, 2.45) is 5.92 Å². The third-order valence-corrected chi connectivity index (χ3v) is 7.18. The first-order valence-electron chi connectivity index (χ1n) is 11.0. The summed E-state index contributed by atoms with van der Waals surface area (Å²) in [6, 6.07) is 13.7. The fourth-order valence-corrected chi connectivity index (χ4v) is 5.00. The third-order valence-electron chi connectivity index (χ3n) is 5.79. The number of para-hydroxylation sites is 1. The minimum atomic E-state index is -3.76. The summed E-state index contributed by atoms with van der Waals surface area (Å²) < 4.78 is 34.4. The molecule has 1 amide bonds. The van der Waals surface area contributed by atoms with Gasteiger partial charge in [-0.1, -0.05) is 37.5 Å². The second-order valence-electron chi connectivity index (χ2n) is 8.08. The molecule has 7 heteroatoms. The topological polar surface area (TPSA) is 75.7 Å². The van der Waals surface area contributed by atoms with Crippen molar-refractivity contribution in [3.63, 3.8) is 0 Å². The van der Waals surface area contributed by atoms with E-state index < -0.39 is 10.0 Å². The lowest BCUT2D eigenvalue weighted by atomic mass is 9.90. The quantitative estimate of drug-likeness (QED) is 0.602. The van der Waals surface area contributed by atoms with E-state index in [1.54, 1.807) is 41.3 Å². The summed E-state index contributed by atoms with van der Waals surface area (Å²) in [6.45, 7) is 4.99. The fraction of sp³-hybridized carbons (Fsp3) is 0.458. The van der Waals surface area contributed by atoms with E-state index in [4.69, 9.17) is 4.74 Å². The lowest BCUT2D eigenvalue weighted by Gasteiger charge is -2.22. The molecule has 6 nitrogen and oxygen atoms in total. The molecule has 1 aliphatic rings. The lowest BCUT2D eigenvalue weighted by Crippen LogP contribution is -2.28. The molecule has 1 N–H and O–H groups in total. The minimum Gasteiger partial charge on any atom is -0.493 e. The Kier molecular flexibility index (Phi) is 7.96. The zero-order valence-electron chi connectivity index (χ0n) is 18.3. The molecule has 2 aromatic carbocycles. The zero-order chi connectivity index (χ0) is 22.3. The summed E-state index contributed by atoms with van der Waals surface area (Å²) >= 11 is 0. The van der Waals surface area contributed by atoms with Gasteiger partial charge in [-0.15, -0.1) is 0 Å². The van der Waals surface area contributed by atoms with Gasteiger partial charge in [0.2, 0.25) is 5.91 Å². The Labute approximate surface area is 185 Å². The highest BCUT2D eigenvalue weighted by Gasteiger charge is 2.18. The number of anilines is 1. The monoisotopic (exact) mass is 444 g/mol. The van der Waals surface area contributed by atoms with Crippen LogP contribution in [0.15, 0.2) is 53.4 Å². The normalized spacial score (nSPS) is 14.8. The van der Waals surface area contributed by atoms with Gasteiger partial charge in [-0.2, -0.15) is 0 Å². The number of amides is 1. The number of sulfonamides is 1. The highest BCUT2D eigenvalue weighted by molar-refractivity contribution is 7.92. The van der Waals surface area contributed by atoms with E-state index in [-0.39, 0.29) is 10.8 Å². The van der Waals surface area contributed by atoms with Crippen LogP contribution in [0.2, 0.25) is 0 Å². The molecule has 0 radical (unpaired) electrons. The first kappa shape index (κ1) is 23.1. The SMILES string of the molecule is CCN(Cc1ccccc1NS(=O)(=O)c1ccc(OCC2CCCCC2)cc1)C(C)=O. The van der Waals surface area contributed by atoms with Gasteiger partial charge >= 0.3 is 0 Å². The molecule has 0 spiro atoms. The molecule has 168 valence electrons. The number of carbonyl (C=O) groups excluding carboxylic acids is 1. The molecule has 1 saturated carbocycles. The largest absolute Gasteiger partial charge is 0.493 e. The van der Waals surface area contributed by atoms with Gasteiger partial charge < -0.3 is 9.64 Å². The number of benzene rings is 2. The molecule has 0 heterocycles. The predicted octanol–water partition coefficient (Wildman–Crippen LogP) is 4.81. The maximum absolute atomic E-state index is 12.9. The summed E-state index contributed by atoms with van der Waals surface area (Å²) in [5.74, 6) is 1.22. The van der Waals surface area contributed by atoms with Crippen LogP contribution < -0.4 is 9.46 Å². The summed E-state index contributed by atoms with van der Waals surface area (Å²) in [7, 11) is -3.76. The van der Waals surface area contributed by atoms with Gasteiger partial charge in [0.15, 0.2) is 0 Å². The van der Waals surface area contributed by atoms with Crippen LogP contribution in [0.5, 0.6) is 5.75 Å². The van der Waals surface area contributed by atoms with E-state index in [2.05, 4.69) is 4.72 Å². The highest BCUT2D eigenvalue weighted by Crippen LogP contribution is 2.26. The molecule has 0 bridgehead atoms. The van der Waals surface area contributed by atoms with Crippen molar-refractivity contribution in [3.8, 4) is 5.75 Å². The average molecular weight is 445 g/mol. The first-order chi connectivity index (χ1) is 14.9. The van der Waals surface area contributed by atoms with Gasteiger partial charge in [0, 0.05) is 20.0 Å². The molecule has 3 rings (SSSR count). The van der Waals surface area contributed by atoms with Crippen LogP contribution in [-0.2, 0) is 21.4 Å². The molecular formula is C24H32N2O4S. The van der Waals surface area contributed by atoms with Crippen LogP contribution in [0.25, 0.3) is 0 Å². The number of hydrogen-bond donors (Lipinski definition) is 1. The minimum absolute atomic E-state index is 0.0519. The molecule has 0 aromatic heterocycles. The van der Waals surface area contributed by atoms with Crippen molar-refractivity contribution in [1.82, 2.24) is 4.90 Å². The number of nitrogens with zero attached hydrogens (tertiary/aromatic N) is 1. The van der Waals surface area contributed by atoms with E-state index in [0.29, 0.717) is 37.1 Å². The second-order valence-corrected chi connectivity index (χ2v) is 9.76. The number of carbonyl (C=O) groups is 1. The molecule has 0 atom stereocenters. The number of rotatable bonds is 9. The Morgan fingerprint density at radius 3 is 2.39 bits per heavy atom. The van der Waals surface area contributed by atoms with E-state index >= 15 is 0 Å².